The van der Waals surface area contributed by atoms with Gasteiger partial charge < -0.3 is 10.1 Å². The zero-order valence-electron chi connectivity index (χ0n) is 16.9. The van der Waals surface area contributed by atoms with Crippen LogP contribution in [0.1, 0.15) is 5.56 Å². The standard InChI is InChI=1S/C21H17F5N4O2S/c1-2-11-30-18(13-7-9-14(10-8-13)32-19(22)23)28-29-20(30)33-12-17(31)27-16-6-4-3-5-15(16)21(24,25)26/h2-10,19H,1,11-12H2,(H,27,31). The van der Waals surface area contributed by atoms with Gasteiger partial charge in [0.2, 0.25) is 5.91 Å². The van der Waals surface area contributed by atoms with Crippen LogP contribution in [0.15, 0.2) is 66.3 Å². The lowest BCUT2D eigenvalue weighted by atomic mass is 10.1. The average Bonchev–Trinajstić information content (AvgIpc) is 3.15. The van der Waals surface area contributed by atoms with Gasteiger partial charge in [-0.25, -0.2) is 0 Å². The molecule has 0 aliphatic carbocycles. The fraction of sp³-hybridized carbons (Fsp3) is 0.190. The van der Waals surface area contributed by atoms with Crippen LogP contribution in [0.25, 0.3) is 11.4 Å². The van der Waals surface area contributed by atoms with Gasteiger partial charge in [-0.3, -0.25) is 9.36 Å². The van der Waals surface area contributed by atoms with E-state index in [0.717, 1.165) is 17.8 Å². The molecule has 0 aliphatic heterocycles. The van der Waals surface area contributed by atoms with Crippen molar-refractivity contribution in [2.24, 2.45) is 0 Å². The summed E-state index contributed by atoms with van der Waals surface area (Å²) in [4.78, 5) is 12.3. The predicted molar refractivity (Wildman–Crippen MR) is 113 cm³/mol. The number of carbonyl (C=O) groups is 1. The van der Waals surface area contributed by atoms with E-state index in [1.54, 1.807) is 10.6 Å². The number of nitrogens with one attached hydrogen (secondary N) is 1. The summed E-state index contributed by atoms with van der Waals surface area (Å²) in [6, 6.07) is 10.4. The summed E-state index contributed by atoms with van der Waals surface area (Å²) in [7, 11) is 0. The number of benzene rings is 2. The van der Waals surface area contributed by atoms with Crippen LogP contribution in [0.4, 0.5) is 27.6 Å². The lowest BCUT2D eigenvalue weighted by Gasteiger charge is -2.13. The minimum Gasteiger partial charge on any atom is -0.435 e. The van der Waals surface area contributed by atoms with E-state index in [1.807, 2.05) is 0 Å². The second kappa shape index (κ2) is 10.5. The van der Waals surface area contributed by atoms with E-state index < -0.39 is 24.3 Å². The molecule has 0 spiro atoms. The lowest BCUT2D eigenvalue weighted by Crippen LogP contribution is -2.18. The van der Waals surface area contributed by atoms with Gasteiger partial charge in [0, 0.05) is 12.1 Å². The van der Waals surface area contributed by atoms with Gasteiger partial charge in [-0.1, -0.05) is 30.0 Å². The minimum atomic E-state index is -4.61. The smallest absolute Gasteiger partial charge is 0.418 e. The van der Waals surface area contributed by atoms with Crippen LogP contribution < -0.4 is 10.1 Å². The average molecular weight is 484 g/mol. The second-order valence-electron chi connectivity index (χ2n) is 6.49. The Labute approximate surface area is 189 Å². The highest BCUT2D eigenvalue weighted by Crippen LogP contribution is 2.34. The van der Waals surface area contributed by atoms with Gasteiger partial charge in [0.25, 0.3) is 0 Å². The van der Waals surface area contributed by atoms with E-state index in [1.165, 1.54) is 42.5 Å². The number of hydrogen-bond acceptors (Lipinski definition) is 5. The first-order chi connectivity index (χ1) is 15.7. The first-order valence-electron chi connectivity index (χ1n) is 9.37. The third kappa shape index (κ3) is 6.31. The maximum Gasteiger partial charge on any atom is 0.418 e. The highest BCUT2D eigenvalue weighted by atomic mass is 32.2. The molecule has 33 heavy (non-hydrogen) atoms. The second-order valence-corrected chi connectivity index (χ2v) is 7.43. The van der Waals surface area contributed by atoms with Gasteiger partial charge in [0.1, 0.15) is 5.75 Å². The lowest BCUT2D eigenvalue weighted by molar-refractivity contribution is -0.137. The van der Waals surface area contributed by atoms with Crippen molar-refractivity contribution in [1.82, 2.24) is 14.8 Å². The Morgan fingerprint density at radius 2 is 1.85 bits per heavy atom. The molecule has 0 radical (unpaired) electrons. The van der Waals surface area contributed by atoms with Crippen molar-refractivity contribution in [3.05, 3.63) is 66.7 Å². The van der Waals surface area contributed by atoms with Crippen molar-refractivity contribution < 1.29 is 31.5 Å². The molecule has 1 N–H and O–H groups in total. The van der Waals surface area contributed by atoms with Crippen molar-refractivity contribution in [2.75, 3.05) is 11.1 Å². The number of anilines is 1. The quantitative estimate of drug-likeness (QED) is 0.247. The number of hydrogen-bond donors (Lipinski definition) is 1. The summed E-state index contributed by atoms with van der Waals surface area (Å²) < 4.78 is 69.9. The molecular formula is C21H17F5N4O2S. The maximum atomic E-state index is 13.1. The van der Waals surface area contributed by atoms with Crippen LogP contribution in [-0.2, 0) is 17.5 Å². The van der Waals surface area contributed by atoms with E-state index in [4.69, 9.17) is 0 Å². The molecule has 1 amide bonds. The summed E-state index contributed by atoms with van der Waals surface area (Å²) in [6.07, 6.45) is -3.03. The largest absolute Gasteiger partial charge is 0.435 e. The predicted octanol–water partition coefficient (Wildman–Crippen LogP) is 5.48. The Morgan fingerprint density at radius 1 is 1.15 bits per heavy atom. The third-order valence-corrected chi connectivity index (χ3v) is 5.17. The normalized spacial score (nSPS) is 11.5. The Hall–Kier alpha value is -3.41. The van der Waals surface area contributed by atoms with Crippen LogP contribution in [0, 0.1) is 0 Å². The van der Waals surface area contributed by atoms with Crippen LogP contribution in [0.3, 0.4) is 0 Å². The van der Waals surface area contributed by atoms with Gasteiger partial charge in [-0.15, -0.1) is 16.8 Å². The van der Waals surface area contributed by atoms with E-state index >= 15 is 0 Å². The molecule has 3 rings (SSSR count). The van der Waals surface area contributed by atoms with E-state index in [0.29, 0.717) is 16.5 Å². The summed E-state index contributed by atoms with van der Waals surface area (Å²) in [5.41, 5.74) is -0.726. The highest BCUT2D eigenvalue weighted by Gasteiger charge is 2.33. The summed E-state index contributed by atoms with van der Waals surface area (Å²) in [5, 5.41) is 10.7. The van der Waals surface area contributed by atoms with Crippen molar-refractivity contribution in [3.8, 4) is 17.1 Å². The molecule has 0 saturated carbocycles. The first-order valence-corrected chi connectivity index (χ1v) is 10.4. The molecule has 1 aromatic heterocycles. The van der Waals surface area contributed by atoms with Gasteiger partial charge in [-0.2, -0.15) is 22.0 Å². The van der Waals surface area contributed by atoms with Crippen LogP contribution in [0.2, 0.25) is 0 Å². The summed E-state index contributed by atoms with van der Waals surface area (Å²) in [6.45, 7) is 0.997. The molecule has 0 aliphatic rings. The third-order valence-electron chi connectivity index (χ3n) is 4.21. The Morgan fingerprint density at radius 3 is 2.48 bits per heavy atom. The van der Waals surface area contributed by atoms with Gasteiger partial charge in [0.05, 0.1) is 17.0 Å². The van der Waals surface area contributed by atoms with Crippen molar-refractivity contribution in [1.29, 1.82) is 0 Å². The first kappa shape index (κ1) is 24.2. The molecule has 12 heteroatoms. The summed E-state index contributed by atoms with van der Waals surface area (Å²) >= 11 is 0.979. The molecular weight excluding hydrogens is 467 g/mol. The Balaban J connectivity index is 1.73. The van der Waals surface area contributed by atoms with Gasteiger partial charge >= 0.3 is 12.8 Å². The SMILES string of the molecule is C=CCn1c(SCC(=O)Nc2ccccc2C(F)(F)F)nnc1-c1ccc(OC(F)F)cc1. The number of nitrogens with zero attached hydrogens (tertiary/aromatic N) is 3. The number of halogens is 5. The molecule has 174 valence electrons. The number of para-hydroxylation sites is 1. The number of aromatic nitrogens is 3. The fourth-order valence-corrected chi connectivity index (χ4v) is 3.59. The number of thioether (sulfide) groups is 1. The van der Waals surface area contributed by atoms with E-state index in [2.05, 4.69) is 26.8 Å². The zero-order valence-corrected chi connectivity index (χ0v) is 17.7. The minimum absolute atomic E-state index is 0.0195. The van der Waals surface area contributed by atoms with Gasteiger partial charge in [-0.05, 0) is 36.4 Å². The van der Waals surface area contributed by atoms with E-state index in [9.17, 15) is 26.7 Å². The number of ether oxygens (including phenoxy) is 1. The van der Waals surface area contributed by atoms with Crippen molar-refractivity contribution >= 4 is 23.4 Å². The number of allylic oxidation sites excluding steroid dienone is 1. The van der Waals surface area contributed by atoms with Crippen molar-refractivity contribution in [3.63, 3.8) is 0 Å². The molecule has 0 fully saturated rings. The number of carbonyl (C=O) groups excluding carboxylic acids is 1. The number of rotatable bonds is 9. The Kier molecular flexibility index (Phi) is 7.69. The Bertz CT molecular complexity index is 1120. The van der Waals surface area contributed by atoms with Gasteiger partial charge in [0.15, 0.2) is 11.0 Å². The molecule has 2 aromatic carbocycles. The molecule has 6 nitrogen and oxygen atoms in total. The molecule has 1 heterocycles. The number of alkyl halides is 5. The highest BCUT2D eigenvalue weighted by molar-refractivity contribution is 7.99. The molecule has 0 atom stereocenters. The van der Waals surface area contributed by atoms with Crippen molar-refractivity contribution in [2.45, 2.75) is 24.5 Å². The topological polar surface area (TPSA) is 69.0 Å². The summed E-state index contributed by atoms with van der Waals surface area (Å²) in [5.74, 6) is -0.500. The molecule has 0 bridgehead atoms. The van der Waals surface area contributed by atoms with Crippen LogP contribution in [0.5, 0.6) is 5.75 Å². The van der Waals surface area contributed by atoms with Crippen LogP contribution >= 0.6 is 11.8 Å². The van der Waals surface area contributed by atoms with E-state index in [-0.39, 0.29) is 23.7 Å². The molecule has 0 saturated heterocycles. The maximum absolute atomic E-state index is 13.1. The number of amides is 1. The van der Waals surface area contributed by atoms with Crippen LogP contribution in [-0.4, -0.2) is 33.0 Å². The molecule has 3 aromatic rings. The molecule has 0 unspecified atom stereocenters. The zero-order chi connectivity index (χ0) is 24.0. The fourth-order valence-electron chi connectivity index (χ4n) is 2.84. The monoisotopic (exact) mass is 484 g/mol.